The Morgan fingerprint density at radius 2 is 2.00 bits per heavy atom. The van der Waals surface area contributed by atoms with E-state index in [9.17, 15) is 0 Å². The van der Waals surface area contributed by atoms with Gasteiger partial charge in [0.05, 0.1) is 0 Å². The molecule has 0 N–H and O–H groups in total. The first kappa shape index (κ1) is 10.6. The molecule has 0 saturated carbocycles. The average molecular weight is 178 g/mol. The first-order valence-electron chi connectivity index (χ1n) is 5.62. The fourth-order valence-corrected chi connectivity index (χ4v) is 2.05. The molecular weight excluding hydrogens is 156 g/mol. The third-order valence-electron chi connectivity index (χ3n) is 3.07. The molecular formula is C13H22. The summed E-state index contributed by atoms with van der Waals surface area (Å²) in [5, 5.41) is 0. The minimum absolute atomic E-state index is 0.914. The Kier molecular flexibility index (Phi) is 4.27. The van der Waals surface area contributed by atoms with Gasteiger partial charge in [0, 0.05) is 0 Å². The first-order chi connectivity index (χ1) is 6.26. The van der Waals surface area contributed by atoms with Crippen LogP contribution in [0.1, 0.15) is 52.9 Å². The highest BCUT2D eigenvalue weighted by atomic mass is 14.1. The maximum atomic E-state index is 2.39. The third-order valence-corrected chi connectivity index (χ3v) is 3.07. The van der Waals surface area contributed by atoms with E-state index in [0.29, 0.717) is 0 Å². The van der Waals surface area contributed by atoms with Crippen LogP contribution in [0, 0.1) is 5.92 Å². The lowest BCUT2D eigenvalue weighted by Gasteiger charge is -2.17. The molecule has 1 aliphatic rings. The molecule has 0 heteroatoms. The summed E-state index contributed by atoms with van der Waals surface area (Å²) in [7, 11) is 0. The molecule has 0 fully saturated rings. The summed E-state index contributed by atoms with van der Waals surface area (Å²) in [5.74, 6) is 0.914. The van der Waals surface area contributed by atoms with Gasteiger partial charge >= 0.3 is 0 Å². The van der Waals surface area contributed by atoms with Crippen molar-refractivity contribution in [2.45, 2.75) is 52.9 Å². The smallest absolute Gasteiger partial charge is 0.0282 e. The summed E-state index contributed by atoms with van der Waals surface area (Å²) < 4.78 is 0. The van der Waals surface area contributed by atoms with E-state index in [4.69, 9.17) is 0 Å². The SMILES string of the molecule is CCC(CC)CC1=CC(C)=CCC1. The maximum absolute atomic E-state index is 2.39. The highest BCUT2D eigenvalue weighted by molar-refractivity contribution is 5.26. The molecule has 0 saturated heterocycles. The third kappa shape index (κ3) is 3.38. The Balaban J connectivity index is 2.48. The van der Waals surface area contributed by atoms with Crippen LogP contribution in [0.3, 0.4) is 0 Å². The van der Waals surface area contributed by atoms with E-state index >= 15 is 0 Å². The summed E-state index contributed by atoms with van der Waals surface area (Å²) in [4.78, 5) is 0. The van der Waals surface area contributed by atoms with Gasteiger partial charge in [-0.1, -0.05) is 50.0 Å². The molecule has 0 heterocycles. The summed E-state index contributed by atoms with van der Waals surface area (Å²) in [6.45, 7) is 6.83. The largest absolute Gasteiger partial charge is 0.0813 e. The van der Waals surface area contributed by atoms with Crippen LogP contribution in [0.15, 0.2) is 23.3 Å². The van der Waals surface area contributed by atoms with Crippen LogP contribution in [0.5, 0.6) is 0 Å². The van der Waals surface area contributed by atoms with Crippen LogP contribution in [0.4, 0.5) is 0 Å². The molecule has 1 aliphatic carbocycles. The zero-order valence-corrected chi connectivity index (χ0v) is 9.27. The van der Waals surface area contributed by atoms with Crippen LogP contribution >= 0.6 is 0 Å². The molecule has 13 heavy (non-hydrogen) atoms. The highest BCUT2D eigenvalue weighted by Crippen LogP contribution is 2.25. The Morgan fingerprint density at radius 1 is 1.31 bits per heavy atom. The predicted molar refractivity (Wildman–Crippen MR) is 59.8 cm³/mol. The standard InChI is InChI=1S/C13H22/c1-4-12(5-2)10-13-8-6-7-11(3)9-13/h7,9,12H,4-6,8,10H2,1-3H3. The normalized spacial score (nSPS) is 17.2. The first-order valence-corrected chi connectivity index (χ1v) is 5.62. The molecule has 0 unspecified atom stereocenters. The molecule has 0 radical (unpaired) electrons. The molecule has 0 aliphatic heterocycles. The van der Waals surface area contributed by atoms with E-state index in [-0.39, 0.29) is 0 Å². The van der Waals surface area contributed by atoms with Gasteiger partial charge in [0.15, 0.2) is 0 Å². The lowest BCUT2D eigenvalue weighted by atomic mass is 9.89. The Hall–Kier alpha value is -0.520. The lowest BCUT2D eigenvalue weighted by Crippen LogP contribution is -2.01. The maximum Gasteiger partial charge on any atom is -0.0282 e. The van der Waals surface area contributed by atoms with Crippen molar-refractivity contribution in [2.24, 2.45) is 5.92 Å². The van der Waals surface area contributed by atoms with Gasteiger partial charge in [-0.25, -0.2) is 0 Å². The van der Waals surface area contributed by atoms with E-state index < -0.39 is 0 Å². The van der Waals surface area contributed by atoms with Crippen molar-refractivity contribution < 1.29 is 0 Å². The highest BCUT2D eigenvalue weighted by Gasteiger charge is 2.08. The topological polar surface area (TPSA) is 0 Å². The van der Waals surface area contributed by atoms with Gasteiger partial charge in [0.25, 0.3) is 0 Å². The Bertz CT molecular complexity index is 204. The van der Waals surface area contributed by atoms with Gasteiger partial charge in [0.1, 0.15) is 0 Å². The second-order valence-electron chi connectivity index (χ2n) is 4.18. The minimum Gasteiger partial charge on any atom is -0.0813 e. The van der Waals surface area contributed by atoms with Crippen molar-refractivity contribution in [1.29, 1.82) is 0 Å². The van der Waals surface area contributed by atoms with E-state index in [0.717, 1.165) is 5.92 Å². The second-order valence-corrected chi connectivity index (χ2v) is 4.18. The summed E-state index contributed by atoms with van der Waals surface area (Å²) in [5.41, 5.74) is 3.14. The van der Waals surface area contributed by atoms with Crippen LogP contribution in [-0.2, 0) is 0 Å². The monoisotopic (exact) mass is 178 g/mol. The number of hydrogen-bond donors (Lipinski definition) is 0. The van der Waals surface area contributed by atoms with Crippen molar-refractivity contribution in [1.82, 2.24) is 0 Å². The van der Waals surface area contributed by atoms with E-state index in [2.05, 4.69) is 32.9 Å². The molecule has 0 nitrogen and oxygen atoms in total. The zero-order chi connectivity index (χ0) is 9.68. The quantitative estimate of drug-likeness (QED) is 0.595. The minimum atomic E-state index is 0.914. The lowest BCUT2D eigenvalue weighted by molar-refractivity contribution is 0.481. The van der Waals surface area contributed by atoms with E-state index in [1.165, 1.54) is 37.7 Å². The van der Waals surface area contributed by atoms with Gasteiger partial charge in [-0.3, -0.25) is 0 Å². The molecule has 0 aromatic heterocycles. The van der Waals surface area contributed by atoms with Crippen LogP contribution < -0.4 is 0 Å². The molecule has 0 aromatic carbocycles. The van der Waals surface area contributed by atoms with Gasteiger partial charge < -0.3 is 0 Å². The molecule has 0 amide bonds. The van der Waals surface area contributed by atoms with Crippen LogP contribution in [0.2, 0.25) is 0 Å². The van der Waals surface area contributed by atoms with Gasteiger partial charge in [-0.15, -0.1) is 0 Å². The van der Waals surface area contributed by atoms with Crippen molar-refractivity contribution in [3.8, 4) is 0 Å². The second kappa shape index (κ2) is 5.26. The fourth-order valence-electron chi connectivity index (χ4n) is 2.05. The number of allylic oxidation sites excluding steroid dienone is 4. The predicted octanol–water partition coefficient (Wildman–Crippen LogP) is 4.48. The zero-order valence-electron chi connectivity index (χ0n) is 9.27. The average Bonchev–Trinajstić information content (AvgIpc) is 2.14. The van der Waals surface area contributed by atoms with Gasteiger partial charge in [-0.05, 0) is 32.1 Å². The van der Waals surface area contributed by atoms with Crippen molar-refractivity contribution in [2.75, 3.05) is 0 Å². The Labute approximate surface area is 82.7 Å². The van der Waals surface area contributed by atoms with Crippen molar-refractivity contribution in [3.05, 3.63) is 23.3 Å². The van der Waals surface area contributed by atoms with Gasteiger partial charge in [-0.2, -0.15) is 0 Å². The molecule has 0 aromatic rings. The Morgan fingerprint density at radius 3 is 2.54 bits per heavy atom. The fraction of sp³-hybridized carbons (Fsp3) is 0.692. The summed E-state index contributed by atoms with van der Waals surface area (Å²) in [6, 6.07) is 0. The number of hydrogen-bond acceptors (Lipinski definition) is 0. The molecule has 74 valence electrons. The van der Waals surface area contributed by atoms with E-state index in [1.54, 1.807) is 5.57 Å². The molecule has 1 rings (SSSR count). The van der Waals surface area contributed by atoms with Crippen molar-refractivity contribution >= 4 is 0 Å². The van der Waals surface area contributed by atoms with Gasteiger partial charge in [0.2, 0.25) is 0 Å². The number of rotatable bonds is 4. The molecule has 0 atom stereocenters. The summed E-state index contributed by atoms with van der Waals surface area (Å²) >= 11 is 0. The van der Waals surface area contributed by atoms with Crippen LogP contribution in [0.25, 0.3) is 0 Å². The van der Waals surface area contributed by atoms with E-state index in [1.807, 2.05) is 0 Å². The molecule has 0 spiro atoms. The summed E-state index contributed by atoms with van der Waals surface area (Å²) in [6.07, 6.45) is 11.3. The van der Waals surface area contributed by atoms with Crippen LogP contribution in [-0.4, -0.2) is 0 Å². The van der Waals surface area contributed by atoms with Crippen molar-refractivity contribution in [3.63, 3.8) is 0 Å². The molecule has 0 bridgehead atoms.